The fraction of sp³-hybridized carbons (Fsp3) is 0.889. The van der Waals surface area contributed by atoms with E-state index in [1.54, 1.807) is 0 Å². The topological polar surface area (TPSA) is 60.8 Å². The number of hydrogen-bond acceptors (Lipinski definition) is 3. The number of aliphatic hydroxyl groups is 1. The summed E-state index contributed by atoms with van der Waals surface area (Å²) in [6, 6.07) is 0.446. The van der Waals surface area contributed by atoms with Crippen LogP contribution in [0.15, 0.2) is 0 Å². The molecule has 2 aliphatic heterocycles. The zero-order valence-electron chi connectivity index (χ0n) is 7.68. The lowest BCUT2D eigenvalue weighted by Gasteiger charge is -2.38. The SMILES string of the molecule is CN1[C@H]2CC[C@@H]1[C@@H](C(=O)O)[C@H](O)C2. The summed E-state index contributed by atoms with van der Waals surface area (Å²) in [5.74, 6) is -1.44. The van der Waals surface area contributed by atoms with E-state index >= 15 is 0 Å². The summed E-state index contributed by atoms with van der Waals surface area (Å²) in [5, 5.41) is 18.6. The van der Waals surface area contributed by atoms with Gasteiger partial charge in [0.05, 0.1) is 12.0 Å². The van der Waals surface area contributed by atoms with Crippen molar-refractivity contribution in [3.05, 3.63) is 0 Å². The van der Waals surface area contributed by atoms with Gasteiger partial charge in [0, 0.05) is 12.1 Å². The van der Waals surface area contributed by atoms with Gasteiger partial charge in [-0.15, -0.1) is 0 Å². The van der Waals surface area contributed by atoms with E-state index in [2.05, 4.69) is 4.90 Å². The molecule has 0 aliphatic carbocycles. The molecule has 0 unspecified atom stereocenters. The normalized spacial score (nSPS) is 45.1. The van der Waals surface area contributed by atoms with Crippen LogP contribution in [-0.2, 0) is 4.79 Å². The van der Waals surface area contributed by atoms with Crippen LogP contribution in [0.5, 0.6) is 0 Å². The molecule has 2 rings (SSSR count). The second kappa shape index (κ2) is 2.96. The van der Waals surface area contributed by atoms with Gasteiger partial charge in [-0.25, -0.2) is 0 Å². The molecule has 0 aromatic rings. The number of hydrogen-bond donors (Lipinski definition) is 2. The largest absolute Gasteiger partial charge is 0.481 e. The molecule has 0 radical (unpaired) electrons. The van der Waals surface area contributed by atoms with Crippen molar-refractivity contribution in [3.8, 4) is 0 Å². The summed E-state index contributed by atoms with van der Waals surface area (Å²) >= 11 is 0. The van der Waals surface area contributed by atoms with E-state index in [0.717, 1.165) is 12.8 Å². The predicted molar refractivity (Wildman–Crippen MR) is 46.3 cm³/mol. The summed E-state index contributed by atoms with van der Waals surface area (Å²) in [6.07, 6.45) is 1.91. The molecule has 4 nitrogen and oxygen atoms in total. The maximum absolute atomic E-state index is 10.9. The monoisotopic (exact) mass is 185 g/mol. The van der Waals surface area contributed by atoms with E-state index in [1.165, 1.54) is 0 Å². The first-order chi connectivity index (χ1) is 6.11. The molecule has 74 valence electrons. The molecule has 2 heterocycles. The Kier molecular flexibility index (Phi) is 2.04. The molecule has 0 amide bonds. The van der Waals surface area contributed by atoms with E-state index < -0.39 is 18.0 Å². The fourth-order valence-electron chi connectivity index (χ4n) is 2.77. The molecule has 4 atom stereocenters. The molecule has 2 bridgehead atoms. The van der Waals surface area contributed by atoms with Crippen LogP contribution in [0.1, 0.15) is 19.3 Å². The highest BCUT2D eigenvalue weighted by molar-refractivity contribution is 5.72. The number of carbonyl (C=O) groups is 1. The Hall–Kier alpha value is -0.610. The highest BCUT2D eigenvalue weighted by Crippen LogP contribution is 2.38. The predicted octanol–water partition coefficient (Wildman–Crippen LogP) is -0.0854. The molecule has 0 spiro atoms. The van der Waals surface area contributed by atoms with Crippen LogP contribution in [0, 0.1) is 5.92 Å². The summed E-state index contributed by atoms with van der Waals surface area (Å²) in [7, 11) is 1.96. The average molecular weight is 185 g/mol. The molecule has 2 aliphatic rings. The molecule has 0 aromatic heterocycles. The molecule has 0 saturated carbocycles. The maximum Gasteiger partial charge on any atom is 0.310 e. The van der Waals surface area contributed by atoms with Crippen molar-refractivity contribution in [1.29, 1.82) is 0 Å². The highest BCUT2D eigenvalue weighted by Gasteiger charge is 2.48. The lowest BCUT2D eigenvalue weighted by molar-refractivity contribution is -0.151. The third-order valence-corrected chi connectivity index (χ3v) is 3.52. The Morgan fingerprint density at radius 2 is 2.15 bits per heavy atom. The first kappa shape index (κ1) is 8.97. The number of nitrogens with zero attached hydrogens (tertiary/aromatic N) is 1. The third-order valence-electron chi connectivity index (χ3n) is 3.52. The van der Waals surface area contributed by atoms with Crippen LogP contribution < -0.4 is 0 Å². The van der Waals surface area contributed by atoms with E-state index in [1.807, 2.05) is 7.05 Å². The van der Waals surface area contributed by atoms with Crippen LogP contribution in [-0.4, -0.2) is 46.3 Å². The van der Waals surface area contributed by atoms with Crippen molar-refractivity contribution in [2.24, 2.45) is 5.92 Å². The van der Waals surface area contributed by atoms with Crippen LogP contribution in [0.25, 0.3) is 0 Å². The van der Waals surface area contributed by atoms with E-state index in [4.69, 9.17) is 5.11 Å². The summed E-state index contributed by atoms with van der Waals surface area (Å²) in [4.78, 5) is 13.0. The standard InChI is InChI=1S/C9H15NO3/c1-10-5-2-3-6(10)8(9(12)13)7(11)4-5/h5-8,11H,2-4H2,1H3,(H,12,13)/t5-,6+,7+,8+/m0/s1. The van der Waals surface area contributed by atoms with Gasteiger partial charge in [0.15, 0.2) is 0 Å². The lowest BCUT2D eigenvalue weighted by atomic mass is 9.88. The zero-order valence-corrected chi connectivity index (χ0v) is 7.68. The molecule has 4 heteroatoms. The minimum Gasteiger partial charge on any atom is -0.481 e. The summed E-state index contributed by atoms with van der Waals surface area (Å²) in [5.41, 5.74) is 0. The quantitative estimate of drug-likeness (QED) is 0.599. The second-order valence-corrected chi connectivity index (χ2v) is 4.13. The number of carboxylic acids is 1. The van der Waals surface area contributed by atoms with Gasteiger partial charge in [-0.3, -0.25) is 9.69 Å². The Labute approximate surface area is 77.2 Å². The minimum absolute atomic E-state index is 0.0475. The van der Waals surface area contributed by atoms with Crippen LogP contribution in [0.3, 0.4) is 0 Å². The highest BCUT2D eigenvalue weighted by atomic mass is 16.4. The Bertz CT molecular complexity index is 231. The summed E-state index contributed by atoms with van der Waals surface area (Å²) in [6.45, 7) is 0. The van der Waals surface area contributed by atoms with E-state index in [-0.39, 0.29) is 6.04 Å². The van der Waals surface area contributed by atoms with Crippen molar-refractivity contribution in [1.82, 2.24) is 4.90 Å². The third kappa shape index (κ3) is 1.25. The van der Waals surface area contributed by atoms with Gasteiger partial charge in [-0.1, -0.05) is 0 Å². The molecular formula is C9H15NO3. The van der Waals surface area contributed by atoms with Gasteiger partial charge in [0.25, 0.3) is 0 Å². The summed E-state index contributed by atoms with van der Waals surface area (Å²) < 4.78 is 0. The fourth-order valence-corrected chi connectivity index (χ4v) is 2.77. The Morgan fingerprint density at radius 3 is 2.77 bits per heavy atom. The van der Waals surface area contributed by atoms with Crippen molar-refractivity contribution >= 4 is 5.97 Å². The first-order valence-electron chi connectivity index (χ1n) is 4.74. The molecule has 2 N–H and O–H groups in total. The van der Waals surface area contributed by atoms with E-state index in [9.17, 15) is 9.90 Å². The minimum atomic E-state index is -0.857. The number of piperidine rings is 1. The maximum atomic E-state index is 10.9. The Morgan fingerprint density at radius 1 is 1.46 bits per heavy atom. The van der Waals surface area contributed by atoms with Crippen molar-refractivity contribution in [3.63, 3.8) is 0 Å². The van der Waals surface area contributed by atoms with Crippen LogP contribution in [0.2, 0.25) is 0 Å². The van der Waals surface area contributed by atoms with Gasteiger partial charge in [0.1, 0.15) is 0 Å². The van der Waals surface area contributed by atoms with Gasteiger partial charge >= 0.3 is 5.97 Å². The van der Waals surface area contributed by atoms with E-state index in [0.29, 0.717) is 12.5 Å². The van der Waals surface area contributed by atoms with Gasteiger partial charge < -0.3 is 10.2 Å². The molecule has 2 saturated heterocycles. The molecule has 0 aromatic carbocycles. The van der Waals surface area contributed by atoms with Crippen molar-refractivity contribution in [2.45, 2.75) is 37.5 Å². The first-order valence-corrected chi connectivity index (χ1v) is 4.74. The smallest absolute Gasteiger partial charge is 0.310 e. The van der Waals surface area contributed by atoms with Gasteiger partial charge in [-0.2, -0.15) is 0 Å². The number of aliphatic hydroxyl groups excluding tert-OH is 1. The second-order valence-electron chi connectivity index (χ2n) is 4.13. The molecule has 2 fully saturated rings. The number of fused-ring (bicyclic) bond motifs is 2. The van der Waals surface area contributed by atoms with Gasteiger partial charge in [-0.05, 0) is 26.3 Å². The molecule has 13 heavy (non-hydrogen) atoms. The van der Waals surface area contributed by atoms with Gasteiger partial charge in [0.2, 0.25) is 0 Å². The van der Waals surface area contributed by atoms with Crippen molar-refractivity contribution < 1.29 is 15.0 Å². The van der Waals surface area contributed by atoms with Crippen LogP contribution in [0.4, 0.5) is 0 Å². The Balaban J connectivity index is 2.21. The average Bonchev–Trinajstić information content (AvgIpc) is 2.34. The number of carboxylic acid groups (broad SMARTS) is 1. The molecular weight excluding hydrogens is 170 g/mol. The van der Waals surface area contributed by atoms with Crippen molar-refractivity contribution in [2.75, 3.05) is 7.05 Å². The number of aliphatic carboxylic acids is 1. The zero-order chi connectivity index (χ0) is 9.59. The lowest BCUT2D eigenvalue weighted by Crippen LogP contribution is -2.51. The van der Waals surface area contributed by atoms with Crippen LogP contribution >= 0.6 is 0 Å². The number of rotatable bonds is 1.